The molecular weight excluding hydrogens is 344 g/mol. The van der Waals surface area contributed by atoms with E-state index in [1.807, 2.05) is 25.1 Å². The fourth-order valence-electron chi connectivity index (χ4n) is 4.08. The van der Waals surface area contributed by atoms with Crippen molar-refractivity contribution in [2.45, 2.75) is 30.9 Å². The molecule has 1 saturated carbocycles. The molecule has 2 heterocycles. The summed E-state index contributed by atoms with van der Waals surface area (Å²) >= 11 is 0. The van der Waals surface area contributed by atoms with E-state index in [1.54, 1.807) is 42.1 Å². The zero-order valence-corrected chi connectivity index (χ0v) is 15.9. The maximum atomic E-state index is 12.9. The summed E-state index contributed by atoms with van der Waals surface area (Å²) in [5.41, 5.74) is 0.971. The fourth-order valence-corrected chi connectivity index (χ4v) is 4.08. The predicted octanol–water partition coefficient (Wildman–Crippen LogP) is 1.53. The molecule has 7 nitrogen and oxygen atoms in total. The predicted molar refractivity (Wildman–Crippen MR) is 99.5 cm³/mol. The number of carbonyl (C=O) groups is 2. The Hall–Kier alpha value is -2.67. The van der Waals surface area contributed by atoms with Crippen molar-refractivity contribution in [3.05, 3.63) is 53.3 Å². The number of aromatic nitrogens is 2. The van der Waals surface area contributed by atoms with Crippen LogP contribution in [0.25, 0.3) is 0 Å². The molecule has 2 aliphatic rings. The van der Waals surface area contributed by atoms with Gasteiger partial charge in [-0.1, -0.05) is 18.2 Å². The summed E-state index contributed by atoms with van der Waals surface area (Å²) in [5, 5.41) is 7.43. The van der Waals surface area contributed by atoms with Gasteiger partial charge in [-0.05, 0) is 31.9 Å². The highest BCUT2D eigenvalue weighted by atomic mass is 16.5. The summed E-state index contributed by atoms with van der Waals surface area (Å²) in [6.07, 6.45) is 3.50. The smallest absolute Gasteiger partial charge is 0.257 e. The van der Waals surface area contributed by atoms with Gasteiger partial charge in [0.15, 0.2) is 0 Å². The fraction of sp³-hybridized carbons (Fsp3) is 0.450. The molecule has 7 heteroatoms. The summed E-state index contributed by atoms with van der Waals surface area (Å²) in [6.45, 7) is 2.70. The summed E-state index contributed by atoms with van der Waals surface area (Å²) in [5.74, 6) is -0.194. The summed E-state index contributed by atoms with van der Waals surface area (Å²) < 4.78 is 7.43. The number of ether oxygens (including phenoxy) is 1. The van der Waals surface area contributed by atoms with E-state index in [4.69, 9.17) is 4.74 Å². The molecule has 2 aromatic rings. The van der Waals surface area contributed by atoms with Crippen molar-refractivity contribution < 1.29 is 14.3 Å². The summed E-state index contributed by atoms with van der Waals surface area (Å²) in [4.78, 5) is 27.4. The van der Waals surface area contributed by atoms with Gasteiger partial charge in [-0.25, -0.2) is 0 Å². The minimum absolute atomic E-state index is 0.0583. The van der Waals surface area contributed by atoms with Crippen LogP contribution in [0, 0.1) is 6.92 Å². The van der Waals surface area contributed by atoms with Crippen LogP contribution in [-0.2, 0) is 11.8 Å². The highest BCUT2D eigenvalue weighted by Crippen LogP contribution is 2.52. The Kier molecular flexibility index (Phi) is 4.07. The maximum Gasteiger partial charge on any atom is 0.257 e. The van der Waals surface area contributed by atoms with E-state index in [1.165, 1.54) is 0 Å². The van der Waals surface area contributed by atoms with Gasteiger partial charge in [-0.15, -0.1) is 0 Å². The Labute approximate surface area is 158 Å². The Bertz CT molecular complexity index is 880. The summed E-state index contributed by atoms with van der Waals surface area (Å²) in [6, 6.07) is 9.13. The van der Waals surface area contributed by atoms with E-state index in [0.29, 0.717) is 29.9 Å². The number of hydrogen-bond acceptors (Lipinski definition) is 4. The van der Waals surface area contributed by atoms with Crippen LogP contribution in [0.5, 0.6) is 0 Å². The standard InChI is InChI=1S/C20H24N4O3/c1-14-16(11-23(2)22-14)18(26)24-12-19(13-24,20(27-3)9-10-20)21-17(25)15-7-5-4-6-8-15/h4-8,11H,9-10,12-13H2,1-3H3,(H,21,25). The van der Waals surface area contributed by atoms with Gasteiger partial charge in [-0.3, -0.25) is 14.3 Å². The summed E-state index contributed by atoms with van der Waals surface area (Å²) in [7, 11) is 3.48. The number of rotatable bonds is 5. The lowest BCUT2D eigenvalue weighted by atomic mass is 9.80. The van der Waals surface area contributed by atoms with Gasteiger partial charge in [0, 0.05) is 39.0 Å². The number of hydrogen-bond donors (Lipinski definition) is 1. The third kappa shape index (κ3) is 2.82. The number of aryl methyl sites for hydroxylation is 2. The van der Waals surface area contributed by atoms with E-state index in [2.05, 4.69) is 10.4 Å². The van der Waals surface area contributed by atoms with Crippen LogP contribution < -0.4 is 5.32 Å². The highest BCUT2D eigenvalue weighted by molar-refractivity contribution is 5.97. The van der Waals surface area contributed by atoms with Crippen LogP contribution in [0.15, 0.2) is 36.5 Å². The molecule has 0 spiro atoms. The molecule has 1 aliphatic carbocycles. The molecule has 2 amide bonds. The first-order valence-corrected chi connectivity index (χ1v) is 9.12. The van der Waals surface area contributed by atoms with Crippen molar-refractivity contribution in [1.82, 2.24) is 20.0 Å². The highest BCUT2D eigenvalue weighted by Gasteiger charge is 2.66. The molecule has 0 unspecified atom stereocenters. The van der Waals surface area contributed by atoms with Crippen LogP contribution >= 0.6 is 0 Å². The number of likely N-dealkylation sites (tertiary alicyclic amines) is 1. The maximum absolute atomic E-state index is 12.9. The average molecular weight is 368 g/mol. The van der Waals surface area contributed by atoms with Crippen LogP contribution in [-0.4, -0.2) is 57.8 Å². The topological polar surface area (TPSA) is 76.5 Å². The largest absolute Gasteiger partial charge is 0.376 e. The number of amides is 2. The first kappa shape index (κ1) is 17.7. The first-order chi connectivity index (χ1) is 12.9. The lowest BCUT2D eigenvalue weighted by Gasteiger charge is -2.54. The molecule has 1 aromatic carbocycles. The second-order valence-corrected chi connectivity index (χ2v) is 7.56. The number of methoxy groups -OCH3 is 1. The molecule has 27 heavy (non-hydrogen) atoms. The normalized spacial score (nSPS) is 19.3. The molecule has 0 radical (unpaired) electrons. The third-order valence-corrected chi connectivity index (χ3v) is 5.81. The minimum atomic E-state index is -0.555. The molecule has 1 aliphatic heterocycles. The lowest BCUT2D eigenvalue weighted by molar-refractivity contribution is -0.0709. The van der Waals surface area contributed by atoms with Crippen molar-refractivity contribution in [3.8, 4) is 0 Å². The van der Waals surface area contributed by atoms with Crippen LogP contribution in [0.2, 0.25) is 0 Å². The van der Waals surface area contributed by atoms with E-state index < -0.39 is 11.1 Å². The Morgan fingerprint density at radius 3 is 2.37 bits per heavy atom. The van der Waals surface area contributed by atoms with Crippen molar-refractivity contribution in [2.75, 3.05) is 20.2 Å². The van der Waals surface area contributed by atoms with Gasteiger partial charge in [0.05, 0.1) is 16.9 Å². The van der Waals surface area contributed by atoms with Gasteiger partial charge in [0.25, 0.3) is 11.8 Å². The molecule has 1 aromatic heterocycles. The molecular formula is C20H24N4O3. The van der Waals surface area contributed by atoms with Crippen molar-refractivity contribution in [3.63, 3.8) is 0 Å². The Balaban J connectivity index is 1.54. The zero-order chi connectivity index (χ0) is 19.2. The zero-order valence-electron chi connectivity index (χ0n) is 15.9. The van der Waals surface area contributed by atoms with E-state index >= 15 is 0 Å². The number of nitrogens with zero attached hydrogens (tertiary/aromatic N) is 3. The molecule has 0 atom stereocenters. The number of nitrogens with one attached hydrogen (secondary N) is 1. The molecule has 1 saturated heterocycles. The molecule has 2 fully saturated rings. The van der Waals surface area contributed by atoms with Gasteiger partial charge < -0.3 is 15.0 Å². The van der Waals surface area contributed by atoms with Crippen LogP contribution in [0.4, 0.5) is 0 Å². The SMILES string of the molecule is COC1(C2(NC(=O)c3ccccc3)CN(C(=O)c3cn(C)nc3C)C2)CC1. The molecule has 0 bridgehead atoms. The minimum Gasteiger partial charge on any atom is -0.376 e. The van der Waals surface area contributed by atoms with Gasteiger partial charge >= 0.3 is 0 Å². The monoisotopic (exact) mass is 368 g/mol. The molecule has 4 rings (SSSR count). The quantitative estimate of drug-likeness (QED) is 0.868. The van der Waals surface area contributed by atoms with Gasteiger partial charge in [-0.2, -0.15) is 5.10 Å². The van der Waals surface area contributed by atoms with Crippen molar-refractivity contribution >= 4 is 11.8 Å². The third-order valence-electron chi connectivity index (χ3n) is 5.81. The first-order valence-electron chi connectivity index (χ1n) is 9.12. The van der Waals surface area contributed by atoms with Crippen LogP contribution in [0.1, 0.15) is 39.3 Å². The average Bonchev–Trinajstić information content (AvgIpc) is 3.36. The van der Waals surface area contributed by atoms with E-state index in [0.717, 1.165) is 12.8 Å². The van der Waals surface area contributed by atoms with E-state index in [-0.39, 0.29) is 11.8 Å². The van der Waals surface area contributed by atoms with Crippen molar-refractivity contribution in [1.29, 1.82) is 0 Å². The second-order valence-electron chi connectivity index (χ2n) is 7.56. The van der Waals surface area contributed by atoms with Gasteiger partial charge in [0.1, 0.15) is 5.54 Å². The molecule has 142 valence electrons. The number of carbonyl (C=O) groups excluding carboxylic acids is 2. The van der Waals surface area contributed by atoms with E-state index in [9.17, 15) is 9.59 Å². The van der Waals surface area contributed by atoms with Crippen molar-refractivity contribution in [2.24, 2.45) is 7.05 Å². The van der Waals surface area contributed by atoms with Crippen LogP contribution in [0.3, 0.4) is 0 Å². The Morgan fingerprint density at radius 1 is 1.19 bits per heavy atom. The second kappa shape index (κ2) is 6.20. The Morgan fingerprint density at radius 2 is 1.85 bits per heavy atom. The lowest BCUT2D eigenvalue weighted by Crippen LogP contribution is -2.77. The van der Waals surface area contributed by atoms with Gasteiger partial charge in [0.2, 0.25) is 0 Å². The number of benzene rings is 1. The molecule has 1 N–H and O–H groups in total.